The molecule has 0 radical (unpaired) electrons. The number of ether oxygens (including phenoxy) is 1. The molecule has 0 aliphatic carbocycles. The Hall–Kier alpha value is -0.730. The number of hydrogen-bond acceptors (Lipinski definition) is 7. The first-order chi connectivity index (χ1) is 10.6. The molecule has 2 atom stereocenters. The van der Waals surface area contributed by atoms with Gasteiger partial charge in [-0.15, -0.1) is 22.0 Å². The van der Waals surface area contributed by atoms with E-state index in [2.05, 4.69) is 10.2 Å². The Kier molecular flexibility index (Phi) is 5.30. The highest BCUT2D eigenvalue weighted by atomic mass is 32.2. The third-order valence-electron chi connectivity index (χ3n) is 3.70. The number of morpholine rings is 1. The third kappa shape index (κ3) is 3.60. The van der Waals surface area contributed by atoms with Crippen molar-refractivity contribution in [1.29, 1.82) is 0 Å². The zero-order valence-corrected chi connectivity index (χ0v) is 14.5. The Morgan fingerprint density at radius 2 is 2.23 bits per heavy atom. The molecule has 1 aromatic heterocycles. The molecule has 0 aromatic carbocycles. The van der Waals surface area contributed by atoms with Gasteiger partial charge in [-0.05, 0) is 0 Å². The third-order valence-corrected chi connectivity index (χ3v) is 6.44. The fourth-order valence-corrected chi connectivity index (χ4v) is 5.07. The minimum Gasteiger partial charge on any atom is -0.422 e. The van der Waals surface area contributed by atoms with Gasteiger partial charge in [0.15, 0.2) is 6.10 Å². The van der Waals surface area contributed by atoms with Crippen LogP contribution in [0.4, 0.5) is 0 Å². The highest BCUT2D eigenvalue weighted by Crippen LogP contribution is 2.28. The standard InChI is InChI=1S/C14H21N3O3S2/c1-9(2)12-15-16-13(20-12)10-7-17(3-4-19-10)14(18)11-8-21-5-6-22-11/h9-11H,3-8H2,1-2H3/t10-,11-/m0/s1. The number of thioether (sulfide) groups is 2. The lowest BCUT2D eigenvalue weighted by molar-refractivity contribution is -0.138. The van der Waals surface area contributed by atoms with Crippen LogP contribution in [-0.4, -0.2) is 63.2 Å². The van der Waals surface area contributed by atoms with Gasteiger partial charge in [-0.1, -0.05) is 13.8 Å². The van der Waals surface area contributed by atoms with Gasteiger partial charge in [0, 0.05) is 29.7 Å². The van der Waals surface area contributed by atoms with Crippen LogP contribution in [0.1, 0.15) is 37.7 Å². The van der Waals surface area contributed by atoms with E-state index in [1.54, 1.807) is 11.8 Å². The van der Waals surface area contributed by atoms with Crippen LogP contribution in [0.2, 0.25) is 0 Å². The molecule has 8 heteroatoms. The van der Waals surface area contributed by atoms with E-state index in [-0.39, 0.29) is 23.2 Å². The molecular formula is C14H21N3O3S2. The molecule has 0 spiro atoms. The van der Waals surface area contributed by atoms with Crippen molar-refractivity contribution in [3.8, 4) is 0 Å². The van der Waals surface area contributed by atoms with Crippen LogP contribution in [0, 0.1) is 0 Å². The summed E-state index contributed by atoms with van der Waals surface area (Å²) in [6.07, 6.45) is -0.307. The molecule has 22 heavy (non-hydrogen) atoms. The Bertz CT molecular complexity index is 517. The predicted molar refractivity (Wildman–Crippen MR) is 87.2 cm³/mol. The summed E-state index contributed by atoms with van der Waals surface area (Å²) in [5.41, 5.74) is 0. The minimum atomic E-state index is -0.307. The van der Waals surface area contributed by atoms with Crippen molar-refractivity contribution in [2.45, 2.75) is 31.1 Å². The van der Waals surface area contributed by atoms with Crippen LogP contribution < -0.4 is 0 Å². The van der Waals surface area contributed by atoms with Gasteiger partial charge >= 0.3 is 0 Å². The van der Waals surface area contributed by atoms with Crippen LogP contribution in [-0.2, 0) is 9.53 Å². The van der Waals surface area contributed by atoms with Crippen LogP contribution in [0.5, 0.6) is 0 Å². The Morgan fingerprint density at radius 3 is 2.91 bits per heavy atom. The minimum absolute atomic E-state index is 0.0754. The molecule has 1 amide bonds. The first kappa shape index (κ1) is 16.1. The van der Waals surface area contributed by atoms with Gasteiger partial charge < -0.3 is 14.1 Å². The van der Waals surface area contributed by atoms with E-state index in [0.717, 1.165) is 17.3 Å². The van der Waals surface area contributed by atoms with E-state index in [1.807, 2.05) is 30.5 Å². The van der Waals surface area contributed by atoms with Gasteiger partial charge in [-0.3, -0.25) is 4.79 Å². The van der Waals surface area contributed by atoms with E-state index in [0.29, 0.717) is 31.5 Å². The highest BCUT2D eigenvalue weighted by Gasteiger charge is 2.33. The quantitative estimate of drug-likeness (QED) is 0.831. The lowest BCUT2D eigenvalue weighted by Crippen LogP contribution is -2.47. The summed E-state index contributed by atoms with van der Waals surface area (Å²) in [7, 11) is 0. The molecule has 1 aromatic rings. The number of carbonyl (C=O) groups excluding carboxylic acids is 1. The van der Waals surface area contributed by atoms with Crippen LogP contribution in [0.3, 0.4) is 0 Å². The van der Waals surface area contributed by atoms with E-state index in [9.17, 15) is 4.79 Å². The summed E-state index contributed by atoms with van der Waals surface area (Å²) >= 11 is 3.62. The average Bonchev–Trinajstić information content (AvgIpc) is 3.05. The van der Waals surface area contributed by atoms with Gasteiger partial charge in [0.1, 0.15) is 0 Å². The largest absolute Gasteiger partial charge is 0.422 e. The molecule has 2 fully saturated rings. The highest BCUT2D eigenvalue weighted by molar-refractivity contribution is 8.07. The van der Waals surface area contributed by atoms with E-state index < -0.39 is 0 Å². The summed E-state index contributed by atoms with van der Waals surface area (Å²) in [6.45, 7) is 5.67. The SMILES string of the molecule is CC(C)c1nnc([C@@H]2CN(C(=O)[C@@H]3CSCCS3)CCO2)o1. The second-order valence-corrected chi connectivity index (χ2v) is 8.17. The molecular weight excluding hydrogens is 322 g/mol. The summed E-state index contributed by atoms with van der Waals surface area (Å²) in [5.74, 6) is 4.60. The van der Waals surface area contributed by atoms with Gasteiger partial charge in [-0.25, -0.2) is 0 Å². The van der Waals surface area contributed by atoms with Crippen molar-refractivity contribution in [2.75, 3.05) is 37.0 Å². The van der Waals surface area contributed by atoms with Crippen molar-refractivity contribution in [3.05, 3.63) is 11.8 Å². The Balaban J connectivity index is 1.64. The van der Waals surface area contributed by atoms with E-state index in [1.165, 1.54) is 0 Å². The van der Waals surface area contributed by atoms with Crippen molar-refractivity contribution < 1.29 is 13.9 Å². The summed E-state index contributed by atoms with van der Waals surface area (Å²) in [6, 6.07) is 0. The Morgan fingerprint density at radius 1 is 1.36 bits per heavy atom. The molecule has 0 unspecified atom stereocenters. The molecule has 0 N–H and O–H groups in total. The second-order valence-electron chi connectivity index (χ2n) is 5.71. The van der Waals surface area contributed by atoms with Crippen molar-refractivity contribution >= 4 is 29.4 Å². The number of nitrogens with zero attached hydrogens (tertiary/aromatic N) is 3. The molecule has 2 saturated heterocycles. The monoisotopic (exact) mass is 343 g/mol. The molecule has 3 heterocycles. The first-order valence-corrected chi connectivity index (χ1v) is 9.78. The van der Waals surface area contributed by atoms with Crippen molar-refractivity contribution in [2.24, 2.45) is 0 Å². The predicted octanol–water partition coefficient (Wildman–Crippen LogP) is 1.94. The van der Waals surface area contributed by atoms with Crippen LogP contribution in [0.15, 0.2) is 4.42 Å². The van der Waals surface area contributed by atoms with Crippen molar-refractivity contribution in [1.82, 2.24) is 15.1 Å². The van der Waals surface area contributed by atoms with E-state index >= 15 is 0 Å². The van der Waals surface area contributed by atoms with Gasteiger partial charge in [0.05, 0.1) is 18.4 Å². The molecule has 122 valence electrons. The number of rotatable bonds is 3. The normalized spacial score (nSPS) is 26.4. The van der Waals surface area contributed by atoms with E-state index in [4.69, 9.17) is 9.15 Å². The maximum Gasteiger partial charge on any atom is 0.247 e. The molecule has 0 saturated carbocycles. The Labute approximate surface area is 138 Å². The summed E-state index contributed by atoms with van der Waals surface area (Å²) in [5, 5.41) is 8.20. The molecule has 3 rings (SSSR count). The maximum absolute atomic E-state index is 12.6. The molecule has 2 aliphatic rings. The summed E-state index contributed by atoms with van der Waals surface area (Å²) in [4.78, 5) is 14.5. The number of aromatic nitrogens is 2. The summed E-state index contributed by atoms with van der Waals surface area (Å²) < 4.78 is 11.4. The van der Waals surface area contributed by atoms with Crippen molar-refractivity contribution in [3.63, 3.8) is 0 Å². The maximum atomic E-state index is 12.6. The van der Waals surface area contributed by atoms with Gasteiger partial charge in [-0.2, -0.15) is 11.8 Å². The van der Waals surface area contributed by atoms with Gasteiger partial charge in [0.2, 0.25) is 17.7 Å². The van der Waals surface area contributed by atoms with Crippen LogP contribution in [0.25, 0.3) is 0 Å². The lowest BCUT2D eigenvalue weighted by atomic mass is 10.2. The zero-order valence-electron chi connectivity index (χ0n) is 12.9. The first-order valence-electron chi connectivity index (χ1n) is 7.58. The smallest absolute Gasteiger partial charge is 0.247 e. The second kappa shape index (κ2) is 7.23. The molecule has 0 bridgehead atoms. The average molecular weight is 343 g/mol. The number of hydrogen-bond donors (Lipinski definition) is 0. The number of carbonyl (C=O) groups is 1. The molecule has 6 nitrogen and oxygen atoms in total. The number of amides is 1. The molecule has 2 aliphatic heterocycles. The van der Waals surface area contributed by atoms with Gasteiger partial charge in [0.25, 0.3) is 0 Å². The fraction of sp³-hybridized carbons (Fsp3) is 0.786. The zero-order chi connectivity index (χ0) is 15.5. The fourth-order valence-electron chi connectivity index (χ4n) is 2.44. The topological polar surface area (TPSA) is 68.5 Å². The van der Waals surface area contributed by atoms with Crippen LogP contribution >= 0.6 is 23.5 Å². The lowest BCUT2D eigenvalue weighted by Gasteiger charge is -2.34.